The predicted molar refractivity (Wildman–Crippen MR) is 79.4 cm³/mol. The van der Waals surface area contributed by atoms with E-state index in [1.165, 1.54) is 6.92 Å². The minimum atomic E-state index is -0.621. The molecule has 0 N–H and O–H groups in total. The second-order valence-corrected chi connectivity index (χ2v) is 6.69. The van der Waals surface area contributed by atoms with Gasteiger partial charge in [0.25, 0.3) is 5.01 Å². The largest absolute Gasteiger partial charge is 0.389 e. The van der Waals surface area contributed by atoms with Crippen molar-refractivity contribution in [1.29, 1.82) is 0 Å². The highest BCUT2D eigenvalue weighted by atomic mass is 35.5. The maximum Gasteiger partial charge on any atom is 0.389 e. The second-order valence-electron chi connectivity index (χ2n) is 3.60. The van der Waals surface area contributed by atoms with Crippen LogP contribution in [0.25, 0.3) is 0 Å². The van der Waals surface area contributed by atoms with E-state index in [4.69, 9.17) is 23.2 Å². The van der Waals surface area contributed by atoms with Gasteiger partial charge in [0, 0.05) is 11.8 Å². The number of rotatable bonds is 4. The molecule has 1 aromatic carbocycles. The molecule has 104 valence electrons. The molecule has 0 amide bonds. The van der Waals surface area contributed by atoms with E-state index in [1.807, 2.05) is 0 Å². The molecule has 2 aromatic rings. The number of carbonyl (C=O) groups excluding carboxylic acids is 1. The molecule has 0 aliphatic rings. The maximum absolute atomic E-state index is 11.3. The van der Waals surface area contributed by atoms with Crippen molar-refractivity contribution in [2.45, 2.75) is 16.0 Å². The number of hydrogen-bond donors (Lipinski definition) is 0. The first-order valence-electron chi connectivity index (χ1n) is 5.18. The molecule has 0 saturated carbocycles. The molecule has 9 heteroatoms. The fourth-order valence-electron chi connectivity index (χ4n) is 1.29. The summed E-state index contributed by atoms with van der Waals surface area (Å²) in [6.07, 6.45) is 0. The third-order valence-corrected chi connectivity index (χ3v) is 5.47. The van der Waals surface area contributed by atoms with Gasteiger partial charge in [-0.25, -0.2) is 0 Å². The fraction of sp³-hybridized carbons (Fsp3) is 0.0909. The molecule has 20 heavy (non-hydrogen) atoms. The van der Waals surface area contributed by atoms with Gasteiger partial charge in [0.15, 0.2) is 4.21 Å². The summed E-state index contributed by atoms with van der Waals surface area (Å²) in [5.41, 5.74) is 0. The molecule has 1 heterocycles. The second kappa shape index (κ2) is 6.09. The number of nitro groups is 1. The van der Waals surface area contributed by atoms with Gasteiger partial charge in [-0.15, -0.1) is 0 Å². The van der Waals surface area contributed by atoms with Gasteiger partial charge in [0.1, 0.15) is 0 Å². The summed E-state index contributed by atoms with van der Waals surface area (Å²) in [6, 6.07) is 5.00. The quantitative estimate of drug-likeness (QED) is 0.454. The number of benzene rings is 1. The lowest BCUT2D eigenvalue weighted by atomic mass is 10.4. The maximum atomic E-state index is 11.3. The lowest BCUT2D eigenvalue weighted by molar-refractivity contribution is -0.391. The highest BCUT2D eigenvalue weighted by Crippen LogP contribution is 2.43. The van der Waals surface area contributed by atoms with Crippen LogP contribution < -0.4 is 0 Å². The van der Waals surface area contributed by atoms with Gasteiger partial charge in [-0.2, -0.15) is 0 Å². The van der Waals surface area contributed by atoms with Crippen molar-refractivity contribution in [1.82, 2.24) is 4.98 Å². The van der Waals surface area contributed by atoms with Crippen molar-refractivity contribution >= 4 is 57.9 Å². The molecule has 2 rings (SSSR count). The van der Waals surface area contributed by atoms with E-state index in [2.05, 4.69) is 4.98 Å². The first kappa shape index (κ1) is 15.2. The van der Waals surface area contributed by atoms with Crippen LogP contribution in [0.4, 0.5) is 5.82 Å². The number of carbonyl (C=O) groups is 1. The van der Waals surface area contributed by atoms with E-state index < -0.39 is 4.92 Å². The summed E-state index contributed by atoms with van der Waals surface area (Å²) in [4.78, 5) is 25.9. The molecule has 1 aromatic heterocycles. The molecule has 0 bridgehead atoms. The molecule has 0 atom stereocenters. The van der Waals surface area contributed by atoms with Gasteiger partial charge >= 0.3 is 5.82 Å². The summed E-state index contributed by atoms with van der Waals surface area (Å²) in [5.74, 6) is -0.664. The van der Waals surface area contributed by atoms with Crippen LogP contribution in [0.15, 0.2) is 27.3 Å². The van der Waals surface area contributed by atoms with Crippen LogP contribution in [0.3, 0.4) is 0 Å². The van der Waals surface area contributed by atoms with E-state index in [0.29, 0.717) is 19.1 Å². The van der Waals surface area contributed by atoms with E-state index >= 15 is 0 Å². The van der Waals surface area contributed by atoms with Crippen LogP contribution in [-0.2, 0) is 0 Å². The Morgan fingerprint density at radius 1 is 1.45 bits per heavy atom. The number of nitrogens with zero attached hydrogens (tertiary/aromatic N) is 2. The molecule has 0 spiro atoms. The van der Waals surface area contributed by atoms with Crippen molar-refractivity contribution in [2.75, 3.05) is 0 Å². The van der Waals surface area contributed by atoms with Crippen LogP contribution in [0.5, 0.6) is 0 Å². The predicted octanol–water partition coefficient (Wildman–Crippen LogP) is 4.71. The van der Waals surface area contributed by atoms with Crippen molar-refractivity contribution in [2.24, 2.45) is 0 Å². The van der Waals surface area contributed by atoms with E-state index in [9.17, 15) is 14.9 Å². The first-order chi connectivity index (χ1) is 9.40. The minimum Gasteiger partial charge on any atom is -0.358 e. The van der Waals surface area contributed by atoms with Crippen molar-refractivity contribution in [3.8, 4) is 0 Å². The van der Waals surface area contributed by atoms with Crippen LogP contribution in [0, 0.1) is 10.1 Å². The zero-order chi connectivity index (χ0) is 14.9. The van der Waals surface area contributed by atoms with Crippen LogP contribution in [-0.4, -0.2) is 15.7 Å². The van der Waals surface area contributed by atoms with Gasteiger partial charge in [0.05, 0.1) is 10.0 Å². The van der Waals surface area contributed by atoms with E-state index in [1.54, 1.807) is 18.2 Å². The Balaban J connectivity index is 2.45. The summed E-state index contributed by atoms with van der Waals surface area (Å²) in [6.45, 7) is 1.31. The molecule has 0 unspecified atom stereocenters. The van der Waals surface area contributed by atoms with Crippen LogP contribution in [0.1, 0.15) is 16.7 Å². The average molecular weight is 349 g/mol. The Kier molecular flexibility index (Phi) is 4.64. The van der Waals surface area contributed by atoms with Crippen molar-refractivity contribution < 1.29 is 9.72 Å². The summed E-state index contributed by atoms with van der Waals surface area (Å²) < 4.78 is 0.296. The highest BCUT2D eigenvalue weighted by molar-refractivity contribution is 8.01. The molecule has 0 radical (unpaired) electrons. The zero-order valence-corrected chi connectivity index (χ0v) is 13.1. The number of Topliss-reactive ketones (excluding diaryl/α,β-unsaturated/α-hetero) is 1. The van der Waals surface area contributed by atoms with Gasteiger partial charge in [0.2, 0.25) is 5.78 Å². The lowest BCUT2D eigenvalue weighted by Crippen LogP contribution is -1.93. The topological polar surface area (TPSA) is 73.1 Å². The lowest BCUT2D eigenvalue weighted by Gasteiger charge is -2.02. The van der Waals surface area contributed by atoms with Crippen molar-refractivity contribution in [3.63, 3.8) is 0 Å². The Morgan fingerprint density at radius 3 is 2.75 bits per heavy atom. The van der Waals surface area contributed by atoms with Crippen LogP contribution in [0.2, 0.25) is 10.0 Å². The van der Waals surface area contributed by atoms with Gasteiger partial charge in [-0.1, -0.05) is 52.4 Å². The molecule has 0 aliphatic carbocycles. The van der Waals surface area contributed by atoms with Gasteiger partial charge < -0.3 is 10.1 Å². The van der Waals surface area contributed by atoms with E-state index in [-0.39, 0.29) is 16.6 Å². The minimum absolute atomic E-state index is 0.0948. The molecule has 0 aliphatic heterocycles. The molecular weight excluding hydrogens is 343 g/mol. The third kappa shape index (κ3) is 3.12. The number of thiazole rings is 1. The van der Waals surface area contributed by atoms with Gasteiger partial charge in [-0.3, -0.25) is 4.79 Å². The summed E-state index contributed by atoms with van der Waals surface area (Å²) >= 11 is 14.0. The Labute approximate surface area is 132 Å². The third-order valence-electron chi connectivity index (χ3n) is 2.17. The van der Waals surface area contributed by atoms with E-state index in [0.717, 1.165) is 23.1 Å². The average Bonchev–Trinajstić information content (AvgIpc) is 2.79. The number of hydrogen-bond acceptors (Lipinski definition) is 6. The first-order valence-corrected chi connectivity index (χ1v) is 7.57. The normalized spacial score (nSPS) is 10.6. The smallest absolute Gasteiger partial charge is 0.358 e. The SMILES string of the molecule is CC(=O)c1nc([N+](=O)[O-])c(Sc2cccc(Cl)c2Cl)s1. The zero-order valence-electron chi connectivity index (χ0n) is 9.92. The molecule has 0 saturated heterocycles. The highest BCUT2D eigenvalue weighted by Gasteiger charge is 2.26. The van der Waals surface area contributed by atoms with Crippen LogP contribution >= 0.6 is 46.3 Å². The fourth-order valence-corrected chi connectivity index (χ4v) is 3.86. The molecule has 0 fully saturated rings. The summed E-state index contributed by atoms with van der Waals surface area (Å²) in [7, 11) is 0. The number of ketones is 1. The molecule has 5 nitrogen and oxygen atoms in total. The summed E-state index contributed by atoms with van der Waals surface area (Å²) in [5, 5.41) is 11.7. The van der Waals surface area contributed by atoms with Crippen molar-refractivity contribution in [3.05, 3.63) is 43.4 Å². The Hall–Kier alpha value is -1.15. The molecular formula is C11H6Cl2N2O3S2. The Morgan fingerprint density at radius 2 is 2.15 bits per heavy atom. The van der Waals surface area contributed by atoms with Gasteiger partial charge in [-0.05, 0) is 22.0 Å². The monoisotopic (exact) mass is 348 g/mol. The Bertz CT molecular complexity index is 703. The number of halogens is 2. The standard InChI is InChI=1S/C11H6Cl2N2O3S2/c1-5(16)10-14-9(15(17)18)11(20-10)19-7-4-2-3-6(12)8(7)13/h2-4H,1H3. The number of aromatic nitrogens is 1.